The zero-order chi connectivity index (χ0) is 14.5. The second kappa shape index (κ2) is 6.57. The largest absolute Gasteiger partial charge is 0.347 e. The Labute approximate surface area is 118 Å². The molecule has 19 heavy (non-hydrogen) atoms. The van der Waals surface area contributed by atoms with Crippen molar-refractivity contribution < 1.29 is 9.59 Å². The standard InChI is InChI=1S/C14H19ClN2O2/c1-10-5-4-6-11(7-10)17-12(18)8-16-13(19)14(2,3)9-15/h4-7H,8-9H2,1-3H3,(H,16,19)(H,17,18). The Kier molecular flexibility index (Phi) is 5.36. The van der Waals surface area contributed by atoms with Crippen LogP contribution in [0.2, 0.25) is 0 Å². The second-order valence-corrected chi connectivity index (χ2v) is 5.39. The van der Waals surface area contributed by atoms with E-state index >= 15 is 0 Å². The maximum atomic E-state index is 11.7. The van der Waals surface area contributed by atoms with E-state index in [0.29, 0.717) is 0 Å². The fourth-order valence-corrected chi connectivity index (χ4v) is 1.51. The minimum absolute atomic E-state index is 0.0624. The molecule has 0 bridgehead atoms. The van der Waals surface area contributed by atoms with Gasteiger partial charge in [-0.1, -0.05) is 12.1 Å². The number of halogens is 1. The van der Waals surface area contributed by atoms with Crippen LogP contribution in [0, 0.1) is 12.3 Å². The summed E-state index contributed by atoms with van der Waals surface area (Å²) in [5, 5.41) is 5.29. The molecule has 0 aliphatic rings. The van der Waals surface area contributed by atoms with Crippen molar-refractivity contribution in [1.29, 1.82) is 0 Å². The molecule has 0 unspecified atom stereocenters. The van der Waals surface area contributed by atoms with Crippen LogP contribution in [0.3, 0.4) is 0 Å². The number of alkyl halides is 1. The molecule has 0 radical (unpaired) electrons. The van der Waals surface area contributed by atoms with Crippen molar-refractivity contribution in [3.63, 3.8) is 0 Å². The number of aryl methyl sites for hydroxylation is 1. The molecule has 0 aliphatic heterocycles. The first-order valence-corrected chi connectivity index (χ1v) is 6.59. The fourth-order valence-electron chi connectivity index (χ4n) is 1.39. The zero-order valence-electron chi connectivity index (χ0n) is 11.4. The highest BCUT2D eigenvalue weighted by molar-refractivity contribution is 6.19. The van der Waals surface area contributed by atoms with Gasteiger partial charge in [-0.15, -0.1) is 11.6 Å². The minimum atomic E-state index is -0.675. The van der Waals surface area contributed by atoms with Gasteiger partial charge in [0.2, 0.25) is 11.8 Å². The first kappa shape index (κ1) is 15.5. The van der Waals surface area contributed by atoms with Crippen LogP contribution in [0.25, 0.3) is 0 Å². The van der Waals surface area contributed by atoms with Gasteiger partial charge in [0.25, 0.3) is 0 Å². The summed E-state index contributed by atoms with van der Waals surface area (Å²) in [5.74, 6) is -0.288. The van der Waals surface area contributed by atoms with Crippen molar-refractivity contribution in [3.8, 4) is 0 Å². The smallest absolute Gasteiger partial charge is 0.243 e. The van der Waals surface area contributed by atoms with Crippen LogP contribution >= 0.6 is 11.6 Å². The third kappa shape index (κ3) is 4.91. The molecule has 0 aliphatic carbocycles. The quantitative estimate of drug-likeness (QED) is 0.814. The molecule has 0 atom stereocenters. The van der Waals surface area contributed by atoms with Crippen LogP contribution in [0.5, 0.6) is 0 Å². The van der Waals surface area contributed by atoms with Gasteiger partial charge in [-0.05, 0) is 38.5 Å². The van der Waals surface area contributed by atoms with Gasteiger partial charge in [0.1, 0.15) is 0 Å². The summed E-state index contributed by atoms with van der Waals surface area (Å²) in [6.45, 7) is 5.34. The number of carbonyl (C=O) groups excluding carboxylic acids is 2. The lowest BCUT2D eigenvalue weighted by Crippen LogP contribution is -2.41. The Hall–Kier alpha value is -1.55. The summed E-state index contributed by atoms with van der Waals surface area (Å²) in [6.07, 6.45) is 0. The highest BCUT2D eigenvalue weighted by Crippen LogP contribution is 2.16. The average Bonchev–Trinajstić information content (AvgIpc) is 2.35. The Morgan fingerprint density at radius 3 is 2.58 bits per heavy atom. The van der Waals surface area contributed by atoms with Gasteiger partial charge < -0.3 is 10.6 Å². The van der Waals surface area contributed by atoms with E-state index in [9.17, 15) is 9.59 Å². The van der Waals surface area contributed by atoms with Gasteiger partial charge in [0.15, 0.2) is 0 Å². The lowest BCUT2D eigenvalue weighted by atomic mass is 9.95. The van der Waals surface area contributed by atoms with Crippen molar-refractivity contribution in [3.05, 3.63) is 29.8 Å². The van der Waals surface area contributed by atoms with Gasteiger partial charge >= 0.3 is 0 Å². The number of nitrogens with one attached hydrogen (secondary N) is 2. The van der Waals surface area contributed by atoms with E-state index in [2.05, 4.69) is 10.6 Å². The summed E-state index contributed by atoms with van der Waals surface area (Å²) < 4.78 is 0. The van der Waals surface area contributed by atoms with Crippen molar-refractivity contribution in [1.82, 2.24) is 5.32 Å². The number of anilines is 1. The molecule has 0 saturated heterocycles. The van der Waals surface area contributed by atoms with Crippen LogP contribution < -0.4 is 10.6 Å². The number of rotatable bonds is 5. The molecule has 0 aromatic heterocycles. The molecule has 0 fully saturated rings. The number of hydrogen-bond acceptors (Lipinski definition) is 2. The Balaban J connectivity index is 2.47. The molecule has 104 valence electrons. The Morgan fingerprint density at radius 2 is 2.00 bits per heavy atom. The lowest BCUT2D eigenvalue weighted by molar-refractivity contribution is -0.130. The van der Waals surface area contributed by atoms with E-state index in [0.717, 1.165) is 11.3 Å². The maximum Gasteiger partial charge on any atom is 0.243 e. The highest BCUT2D eigenvalue weighted by Gasteiger charge is 2.26. The molecule has 0 heterocycles. The third-order valence-electron chi connectivity index (χ3n) is 2.66. The topological polar surface area (TPSA) is 58.2 Å². The van der Waals surface area contributed by atoms with Crippen molar-refractivity contribution in [2.45, 2.75) is 20.8 Å². The molecule has 4 nitrogen and oxygen atoms in total. The molecular formula is C14H19ClN2O2. The first-order valence-electron chi connectivity index (χ1n) is 6.06. The highest BCUT2D eigenvalue weighted by atomic mass is 35.5. The molecule has 5 heteroatoms. The molecule has 1 rings (SSSR count). The average molecular weight is 283 g/mol. The van der Waals surface area contributed by atoms with E-state index in [-0.39, 0.29) is 24.2 Å². The molecule has 1 aromatic rings. The second-order valence-electron chi connectivity index (χ2n) is 5.12. The van der Waals surface area contributed by atoms with Gasteiger partial charge in [-0.3, -0.25) is 9.59 Å². The predicted octanol–water partition coefficient (Wildman–Crippen LogP) is 2.31. The molecule has 2 N–H and O–H groups in total. The maximum absolute atomic E-state index is 11.7. The summed E-state index contributed by atoms with van der Waals surface area (Å²) in [4.78, 5) is 23.4. The first-order chi connectivity index (χ1) is 8.85. The molecule has 0 saturated carbocycles. The Bertz CT molecular complexity index is 472. The van der Waals surface area contributed by atoms with E-state index in [4.69, 9.17) is 11.6 Å². The molecule has 1 aromatic carbocycles. The van der Waals surface area contributed by atoms with Crippen LogP contribution in [-0.4, -0.2) is 24.2 Å². The summed E-state index contributed by atoms with van der Waals surface area (Å²) in [5.41, 5.74) is 1.10. The van der Waals surface area contributed by atoms with Crippen molar-refractivity contribution >= 4 is 29.1 Å². The monoisotopic (exact) mass is 282 g/mol. The normalized spacial score (nSPS) is 10.9. The summed E-state index contributed by atoms with van der Waals surface area (Å²) in [6, 6.07) is 7.47. The summed E-state index contributed by atoms with van der Waals surface area (Å²) >= 11 is 5.69. The fraction of sp³-hybridized carbons (Fsp3) is 0.429. The predicted molar refractivity (Wildman–Crippen MR) is 77.3 cm³/mol. The van der Waals surface area contributed by atoms with Crippen LogP contribution in [0.15, 0.2) is 24.3 Å². The van der Waals surface area contributed by atoms with E-state index < -0.39 is 5.41 Å². The molecule has 2 amide bonds. The number of benzene rings is 1. The van der Waals surface area contributed by atoms with Gasteiger partial charge in [0.05, 0.1) is 12.0 Å². The summed E-state index contributed by atoms with van der Waals surface area (Å²) in [7, 11) is 0. The van der Waals surface area contributed by atoms with Gasteiger partial charge in [-0.25, -0.2) is 0 Å². The SMILES string of the molecule is Cc1cccc(NC(=O)CNC(=O)C(C)(C)CCl)c1. The molecular weight excluding hydrogens is 264 g/mol. The minimum Gasteiger partial charge on any atom is -0.347 e. The van der Waals surface area contributed by atoms with Crippen molar-refractivity contribution in [2.24, 2.45) is 5.41 Å². The van der Waals surface area contributed by atoms with Crippen LogP contribution in [0.1, 0.15) is 19.4 Å². The van der Waals surface area contributed by atoms with Crippen LogP contribution in [-0.2, 0) is 9.59 Å². The van der Waals surface area contributed by atoms with Crippen molar-refractivity contribution in [2.75, 3.05) is 17.7 Å². The van der Waals surface area contributed by atoms with E-state index in [1.165, 1.54) is 0 Å². The number of hydrogen-bond donors (Lipinski definition) is 2. The number of carbonyl (C=O) groups is 2. The van der Waals surface area contributed by atoms with E-state index in [1.807, 2.05) is 25.1 Å². The molecule has 0 spiro atoms. The van der Waals surface area contributed by atoms with Crippen LogP contribution in [0.4, 0.5) is 5.69 Å². The van der Waals surface area contributed by atoms with Gasteiger partial charge in [0, 0.05) is 11.6 Å². The van der Waals surface area contributed by atoms with E-state index in [1.54, 1.807) is 19.9 Å². The zero-order valence-corrected chi connectivity index (χ0v) is 12.2. The Morgan fingerprint density at radius 1 is 1.32 bits per heavy atom. The third-order valence-corrected chi connectivity index (χ3v) is 3.33. The van der Waals surface area contributed by atoms with Gasteiger partial charge in [-0.2, -0.15) is 0 Å². The lowest BCUT2D eigenvalue weighted by Gasteiger charge is -2.20. The number of amides is 2.